The van der Waals surface area contributed by atoms with Crippen molar-refractivity contribution in [1.82, 2.24) is 10.6 Å². The fraction of sp³-hybridized carbons (Fsp3) is 0.588. The summed E-state index contributed by atoms with van der Waals surface area (Å²) < 4.78 is 38.7. The van der Waals surface area contributed by atoms with Crippen LogP contribution in [0.4, 0.5) is 13.2 Å². The van der Waals surface area contributed by atoms with E-state index in [-0.39, 0.29) is 30.2 Å². The summed E-state index contributed by atoms with van der Waals surface area (Å²) in [6.45, 7) is 5.39. The van der Waals surface area contributed by atoms with Gasteiger partial charge >= 0.3 is 6.18 Å². The lowest BCUT2D eigenvalue weighted by Gasteiger charge is -2.28. The fourth-order valence-electron chi connectivity index (χ4n) is 2.90. The van der Waals surface area contributed by atoms with Crippen LogP contribution in [0.5, 0.6) is 0 Å². The number of amides is 1. The molecule has 1 aliphatic rings. The molecule has 7 heteroatoms. The van der Waals surface area contributed by atoms with Gasteiger partial charge < -0.3 is 10.6 Å². The molecule has 1 unspecified atom stereocenters. The zero-order valence-electron chi connectivity index (χ0n) is 13.8. The lowest BCUT2D eigenvalue weighted by atomic mass is 9.92. The lowest BCUT2D eigenvalue weighted by molar-refractivity contribution is -0.137. The molecule has 3 nitrogen and oxygen atoms in total. The van der Waals surface area contributed by atoms with Crippen molar-refractivity contribution in [2.45, 2.75) is 38.9 Å². The number of benzene rings is 1. The van der Waals surface area contributed by atoms with Gasteiger partial charge in [0, 0.05) is 5.92 Å². The van der Waals surface area contributed by atoms with Crippen LogP contribution in [0, 0.1) is 11.8 Å². The highest BCUT2D eigenvalue weighted by molar-refractivity contribution is 5.85. The highest BCUT2D eigenvalue weighted by atomic mass is 35.5. The summed E-state index contributed by atoms with van der Waals surface area (Å²) in [6, 6.07) is 4.80. The van der Waals surface area contributed by atoms with Crippen LogP contribution in [-0.2, 0) is 11.0 Å². The van der Waals surface area contributed by atoms with E-state index in [1.807, 2.05) is 13.8 Å². The van der Waals surface area contributed by atoms with Gasteiger partial charge in [-0.25, -0.2) is 0 Å². The van der Waals surface area contributed by atoms with E-state index < -0.39 is 17.8 Å². The normalized spacial score (nSPS) is 17.2. The molecular weight excluding hydrogens is 341 g/mol. The number of alkyl halides is 3. The van der Waals surface area contributed by atoms with E-state index in [0.29, 0.717) is 5.56 Å². The molecule has 0 radical (unpaired) electrons. The van der Waals surface area contributed by atoms with Crippen molar-refractivity contribution >= 4 is 18.3 Å². The Morgan fingerprint density at radius 3 is 2.42 bits per heavy atom. The Balaban J connectivity index is 0.00000288. The van der Waals surface area contributed by atoms with Crippen LogP contribution in [0.1, 0.15) is 43.9 Å². The first-order valence-electron chi connectivity index (χ1n) is 7.97. The number of carbonyl (C=O) groups excluding carboxylic acids is 1. The third kappa shape index (κ3) is 5.38. The largest absolute Gasteiger partial charge is 0.416 e. The minimum Gasteiger partial charge on any atom is -0.349 e. The minimum absolute atomic E-state index is 0. The summed E-state index contributed by atoms with van der Waals surface area (Å²) in [4.78, 5) is 12.4. The number of hydrogen-bond donors (Lipinski definition) is 2. The monoisotopic (exact) mass is 364 g/mol. The van der Waals surface area contributed by atoms with Crippen LogP contribution >= 0.6 is 12.4 Å². The molecule has 1 atom stereocenters. The van der Waals surface area contributed by atoms with Crippen LogP contribution in [0.2, 0.25) is 0 Å². The average Bonchev–Trinajstić information content (AvgIpc) is 2.52. The van der Waals surface area contributed by atoms with Gasteiger partial charge in [-0.1, -0.05) is 26.0 Å². The molecule has 0 bridgehead atoms. The van der Waals surface area contributed by atoms with Crippen molar-refractivity contribution in [2.75, 3.05) is 13.1 Å². The Bertz CT molecular complexity index is 543. The molecule has 0 aliphatic carbocycles. The summed E-state index contributed by atoms with van der Waals surface area (Å²) in [6.07, 6.45) is -2.85. The first kappa shape index (κ1) is 20.8. The molecule has 1 saturated heterocycles. The summed E-state index contributed by atoms with van der Waals surface area (Å²) in [5, 5.41) is 6.14. The van der Waals surface area contributed by atoms with Crippen molar-refractivity contribution < 1.29 is 18.0 Å². The molecule has 1 heterocycles. The molecule has 0 aromatic heterocycles. The van der Waals surface area contributed by atoms with Gasteiger partial charge in [0.15, 0.2) is 0 Å². The lowest BCUT2D eigenvalue weighted by Crippen LogP contribution is -2.40. The molecule has 24 heavy (non-hydrogen) atoms. The zero-order chi connectivity index (χ0) is 17.0. The third-order valence-corrected chi connectivity index (χ3v) is 4.25. The number of hydrogen-bond acceptors (Lipinski definition) is 2. The quantitative estimate of drug-likeness (QED) is 0.849. The van der Waals surface area contributed by atoms with E-state index in [1.54, 1.807) is 6.07 Å². The predicted molar refractivity (Wildman–Crippen MR) is 90.0 cm³/mol. The number of nitrogens with one attached hydrogen (secondary N) is 2. The molecule has 1 fully saturated rings. The predicted octanol–water partition coefficient (Wildman–Crippen LogP) is 3.94. The van der Waals surface area contributed by atoms with Gasteiger partial charge in [0.05, 0.1) is 11.6 Å². The Kier molecular flexibility index (Phi) is 7.55. The Morgan fingerprint density at radius 1 is 1.25 bits per heavy atom. The molecule has 1 amide bonds. The van der Waals surface area contributed by atoms with Crippen molar-refractivity contribution in [3.8, 4) is 0 Å². The molecule has 1 aromatic carbocycles. The summed E-state index contributed by atoms with van der Waals surface area (Å²) in [7, 11) is 0. The second-order valence-electron chi connectivity index (χ2n) is 6.38. The van der Waals surface area contributed by atoms with Gasteiger partial charge in [-0.05, 0) is 49.5 Å². The molecule has 1 aliphatic heterocycles. The van der Waals surface area contributed by atoms with Gasteiger partial charge in [0.1, 0.15) is 0 Å². The first-order valence-corrected chi connectivity index (χ1v) is 7.97. The fourth-order valence-corrected chi connectivity index (χ4v) is 2.90. The zero-order valence-corrected chi connectivity index (χ0v) is 14.6. The Hall–Kier alpha value is -1.27. The molecule has 0 saturated carbocycles. The first-order chi connectivity index (χ1) is 10.8. The number of carbonyl (C=O) groups is 1. The standard InChI is InChI=1S/C17H23F3N2O.ClH/c1-11(2)15(22-16(23)12-6-8-21-9-7-12)13-4-3-5-14(10-13)17(18,19)20;/h3-5,10-12,15,21H,6-9H2,1-2H3,(H,22,23);1H. The van der Waals surface area contributed by atoms with Crippen LogP contribution < -0.4 is 10.6 Å². The smallest absolute Gasteiger partial charge is 0.349 e. The van der Waals surface area contributed by atoms with Crippen LogP contribution in [-0.4, -0.2) is 19.0 Å². The van der Waals surface area contributed by atoms with Crippen molar-refractivity contribution in [3.63, 3.8) is 0 Å². The molecular formula is C17H24ClF3N2O. The number of halogens is 4. The Labute approximate surface area is 146 Å². The molecule has 136 valence electrons. The van der Waals surface area contributed by atoms with Gasteiger partial charge in [0.25, 0.3) is 0 Å². The third-order valence-electron chi connectivity index (χ3n) is 4.25. The molecule has 2 rings (SSSR count). The van der Waals surface area contributed by atoms with Crippen molar-refractivity contribution in [3.05, 3.63) is 35.4 Å². The SMILES string of the molecule is CC(C)C(NC(=O)C1CCNCC1)c1cccc(C(F)(F)F)c1.Cl. The number of piperidine rings is 1. The molecule has 1 aromatic rings. The topological polar surface area (TPSA) is 41.1 Å². The summed E-state index contributed by atoms with van der Waals surface area (Å²) in [5.41, 5.74) is -0.186. The van der Waals surface area contributed by atoms with E-state index in [4.69, 9.17) is 0 Å². The van der Waals surface area contributed by atoms with E-state index in [1.165, 1.54) is 6.07 Å². The maximum atomic E-state index is 12.9. The van der Waals surface area contributed by atoms with Crippen LogP contribution in [0.3, 0.4) is 0 Å². The van der Waals surface area contributed by atoms with E-state index >= 15 is 0 Å². The second-order valence-corrected chi connectivity index (χ2v) is 6.38. The van der Waals surface area contributed by atoms with Gasteiger partial charge in [-0.2, -0.15) is 13.2 Å². The van der Waals surface area contributed by atoms with Crippen LogP contribution in [0.15, 0.2) is 24.3 Å². The van der Waals surface area contributed by atoms with E-state index in [2.05, 4.69) is 10.6 Å². The van der Waals surface area contributed by atoms with Crippen molar-refractivity contribution in [1.29, 1.82) is 0 Å². The van der Waals surface area contributed by atoms with Crippen LogP contribution in [0.25, 0.3) is 0 Å². The maximum Gasteiger partial charge on any atom is 0.416 e. The highest BCUT2D eigenvalue weighted by Gasteiger charge is 2.32. The maximum absolute atomic E-state index is 12.9. The molecule has 0 spiro atoms. The average molecular weight is 365 g/mol. The number of rotatable bonds is 4. The minimum atomic E-state index is -4.38. The summed E-state index contributed by atoms with van der Waals surface area (Å²) >= 11 is 0. The Morgan fingerprint density at radius 2 is 1.88 bits per heavy atom. The highest BCUT2D eigenvalue weighted by Crippen LogP contribution is 2.32. The van der Waals surface area contributed by atoms with E-state index in [0.717, 1.165) is 38.1 Å². The second kappa shape index (κ2) is 8.72. The van der Waals surface area contributed by atoms with Crippen molar-refractivity contribution in [2.24, 2.45) is 11.8 Å². The van der Waals surface area contributed by atoms with E-state index in [9.17, 15) is 18.0 Å². The van der Waals surface area contributed by atoms with Gasteiger partial charge in [0.2, 0.25) is 5.91 Å². The molecule has 2 N–H and O–H groups in total. The van der Waals surface area contributed by atoms with Gasteiger partial charge in [-0.15, -0.1) is 12.4 Å². The summed E-state index contributed by atoms with van der Waals surface area (Å²) in [5.74, 6) is -0.130. The van der Waals surface area contributed by atoms with Gasteiger partial charge in [-0.3, -0.25) is 4.79 Å².